The summed E-state index contributed by atoms with van der Waals surface area (Å²) < 4.78 is 0. The van der Waals surface area contributed by atoms with Crippen molar-refractivity contribution in [2.75, 3.05) is 5.32 Å². The minimum Gasteiger partial charge on any atom is -0.478 e. The number of amides is 1. The van der Waals surface area contributed by atoms with Gasteiger partial charge >= 0.3 is 5.97 Å². The summed E-state index contributed by atoms with van der Waals surface area (Å²) in [6.07, 6.45) is 0. The summed E-state index contributed by atoms with van der Waals surface area (Å²) in [6, 6.07) is 16.3. The van der Waals surface area contributed by atoms with Gasteiger partial charge in [-0.15, -0.1) is 11.8 Å². The van der Waals surface area contributed by atoms with Crippen molar-refractivity contribution in [2.45, 2.75) is 17.9 Å². The number of aromatic carboxylic acids is 1. The maximum absolute atomic E-state index is 12.2. The van der Waals surface area contributed by atoms with Crippen LogP contribution in [0.2, 0.25) is 0 Å². The van der Waals surface area contributed by atoms with Crippen LogP contribution in [-0.4, -0.2) is 22.2 Å². The normalized spacial score (nSPS) is 11.7. The highest BCUT2D eigenvalue weighted by atomic mass is 32.2. The fourth-order valence-electron chi connectivity index (χ4n) is 1.88. The largest absolute Gasteiger partial charge is 0.478 e. The molecular weight excluding hydrogens is 298 g/mol. The molecule has 0 fully saturated rings. The lowest BCUT2D eigenvalue weighted by molar-refractivity contribution is -0.115. The first kappa shape index (κ1) is 16.1. The van der Waals surface area contributed by atoms with Crippen LogP contribution in [-0.2, 0) is 10.5 Å². The highest BCUT2D eigenvalue weighted by molar-refractivity contribution is 7.99. The molecule has 0 aliphatic rings. The van der Waals surface area contributed by atoms with E-state index in [4.69, 9.17) is 5.11 Å². The molecule has 5 heteroatoms. The van der Waals surface area contributed by atoms with E-state index in [1.807, 2.05) is 37.3 Å². The number of nitrogens with one attached hydrogen (secondary N) is 1. The molecule has 0 radical (unpaired) electrons. The summed E-state index contributed by atoms with van der Waals surface area (Å²) in [5, 5.41) is 11.5. The second-order valence-electron chi connectivity index (χ2n) is 4.78. The molecule has 2 aromatic rings. The van der Waals surface area contributed by atoms with E-state index in [-0.39, 0.29) is 16.7 Å². The third-order valence-corrected chi connectivity index (χ3v) is 4.34. The lowest BCUT2D eigenvalue weighted by Gasteiger charge is -2.13. The number of carbonyl (C=O) groups is 2. The third-order valence-electron chi connectivity index (χ3n) is 3.13. The number of benzene rings is 2. The number of hydrogen-bond acceptors (Lipinski definition) is 3. The maximum atomic E-state index is 12.2. The number of rotatable bonds is 6. The zero-order valence-corrected chi connectivity index (χ0v) is 13.0. The Kier molecular flexibility index (Phi) is 5.61. The topological polar surface area (TPSA) is 66.4 Å². The molecule has 2 aromatic carbocycles. The van der Waals surface area contributed by atoms with Gasteiger partial charge in [-0.2, -0.15) is 0 Å². The van der Waals surface area contributed by atoms with Crippen LogP contribution in [0.25, 0.3) is 0 Å². The van der Waals surface area contributed by atoms with E-state index in [2.05, 4.69) is 5.32 Å². The summed E-state index contributed by atoms with van der Waals surface area (Å²) in [4.78, 5) is 23.3. The van der Waals surface area contributed by atoms with Crippen LogP contribution in [0.1, 0.15) is 22.8 Å². The van der Waals surface area contributed by atoms with Crippen molar-refractivity contribution < 1.29 is 14.7 Å². The van der Waals surface area contributed by atoms with Crippen LogP contribution < -0.4 is 5.32 Å². The molecule has 0 aliphatic carbocycles. The third kappa shape index (κ3) is 4.36. The van der Waals surface area contributed by atoms with Gasteiger partial charge in [-0.25, -0.2) is 4.79 Å². The molecule has 2 rings (SSSR count). The number of carboxylic acid groups (broad SMARTS) is 1. The fraction of sp³-hybridized carbons (Fsp3) is 0.176. The Labute approximate surface area is 133 Å². The minimum atomic E-state index is -1.06. The van der Waals surface area contributed by atoms with Crippen LogP contribution in [0, 0.1) is 0 Å². The SMILES string of the molecule is C[C@@H](SCc1ccccc1)C(=O)Nc1ccccc1C(=O)O. The smallest absolute Gasteiger partial charge is 0.337 e. The van der Waals surface area contributed by atoms with Crippen LogP contribution >= 0.6 is 11.8 Å². The summed E-state index contributed by atoms with van der Waals surface area (Å²) in [6.45, 7) is 1.81. The molecule has 114 valence electrons. The summed E-state index contributed by atoms with van der Waals surface area (Å²) in [5.41, 5.74) is 1.57. The first-order valence-electron chi connectivity index (χ1n) is 6.86. The first-order chi connectivity index (χ1) is 10.6. The average molecular weight is 315 g/mol. The number of carboxylic acids is 1. The molecule has 0 bridgehead atoms. The zero-order chi connectivity index (χ0) is 15.9. The molecule has 4 nitrogen and oxygen atoms in total. The highest BCUT2D eigenvalue weighted by Crippen LogP contribution is 2.21. The minimum absolute atomic E-state index is 0.0936. The molecule has 0 unspecified atom stereocenters. The predicted octanol–water partition coefficient (Wildman–Crippen LogP) is 3.65. The molecule has 0 saturated carbocycles. The zero-order valence-electron chi connectivity index (χ0n) is 12.2. The van der Waals surface area contributed by atoms with Gasteiger partial charge in [0.05, 0.1) is 16.5 Å². The van der Waals surface area contributed by atoms with Crippen molar-refractivity contribution in [3.05, 3.63) is 65.7 Å². The number of hydrogen-bond donors (Lipinski definition) is 2. The van der Waals surface area contributed by atoms with E-state index in [0.717, 1.165) is 11.3 Å². The lowest BCUT2D eigenvalue weighted by atomic mass is 10.2. The maximum Gasteiger partial charge on any atom is 0.337 e. The second kappa shape index (κ2) is 7.66. The van der Waals surface area contributed by atoms with Gasteiger partial charge < -0.3 is 10.4 Å². The van der Waals surface area contributed by atoms with Crippen molar-refractivity contribution in [1.82, 2.24) is 0 Å². The number of carbonyl (C=O) groups excluding carboxylic acids is 1. The molecule has 22 heavy (non-hydrogen) atoms. The number of thioether (sulfide) groups is 1. The Morgan fingerprint density at radius 3 is 2.41 bits per heavy atom. The fourth-order valence-corrected chi connectivity index (χ4v) is 2.73. The summed E-state index contributed by atoms with van der Waals surface area (Å²) in [7, 11) is 0. The molecule has 2 N–H and O–H groups in total. The lowest BCUT2D eigenvalue weighted by Crippen LogP contribution is -2.23. The van der Waals surface area contributed by atoms with E-state index < -0.39 is 5.97 Å². The first-order valence-corrected chi connectivity index (χ1v) is 7.91. The molecule has 0 spiro atoms. The highest BCUT2D eigenvalue weighted by Gasteiger charge is 2.17. The van der Waals surface area contributed by atoms with E-state index >= 15 is 0 Å². The summed E-state index contributed by atoms with van der Waals surface area (Å²) >= 11 is 1.51. The van der Waals surface area contributed by atoms with Gasteiger partial charge in [-0.05, 0) is 24.6 Å². The van der Waals surface area contributed by atoms with Crippen LogP contribution in [0.3, 0.4) is 0 Å². The molecule has 1 atom stereocenters. The molecule has 1 amide bonds. The van der Waals surface area contributed by atoms with Gasteiger partial charge in [-0.1, -0.05) is 42.5 Å². The van der Waals surface area contributed by atoms with E-state index in [0.29, 0.717) is 5.69 Å². The molecule has 0 heterocycles. The Bertz CT molecular complexity index is 658. The van der Waals surface area contributed by atoms with E-state index in [1.54, 1.807) is 18.2 Å². The van der Waals surface area contributed by atoms with Gasteiger partial charge in [0, 0.05) is 5.75 Å². The van der Waals surface area contributed by atoms with Crippen molar-refractivity contribution in [3.63, 3.8) is 0 Å². The molecule has 0 aromatic heterocycles. The number of anilines is 1. The van der Waals surface area contributed by atoms with Gasteiger partial charge in [0.1, 0.15) is 0 Å². The van der Waals surface area contributed by atoms with Crippen molar-refractivity contribution in [2.24, 2.45) is 0 Å². The van der Waals surface area contributed by atoms with Crippen LogP contribution in [0.4, 0.5) is 5.69 Å². The second-order valence-corrected chi connectivity index (χ2v) is 6.11. The van der Waals surface area contributed by atoms with Crippen molar-refractivity contribution in [3.8, 4) is 0 Å². The standard InChI is InChI=1S/C17H17NO3S/c1-12(22-11-13-7-3-2-4-8-13)16(19)18-15-10-6-5-9-14(15)17(20)21/h2-10,12H,11H2,1H3,(H,18,19)(H,20,21)/t12-/m1/s1. The van der Waals surface area contributed by atoms with Crippen LogP contribution in [0.15, 0.2) is 54.6 Å². The molecule has 0 aliphatic heterocycles. The number of para-hydroxylation sites is 1. The molecular formula is C17H17NO3S. The van der Waals surface area contributed by atoms with Gasteiger partial charge in [0.2, 0.25) is 5.91 Å². The van der Waals surface area contributed by atoms with E-state index in [1.165, 1.54) is 17.8 Å². The predicted molar refractivity (Wildman–Crippen MR) is 89.2 cm³/mol. The Hall–Kier alpha value is -2.27. The average Bonchev–Trinajstić information content (AvgIpc) is 2.53. The van der Waals surface area contributed by atoms with Crippen LogP contribution in [0.5, 0.6) is 0 Å². The van der Waals surface area contributed by atoms with Gasteiger partial charge in [0.25, 0.3) is 0 Å². The Morgan fingerprint density at radius 2 is 1.73 bits per heavy atom. The molecule has 0 saturated heterocycles. The quantitative estimate of drug-likeness (QED) is 0.854. The monoisotopic (exact) mass is 315 g/mol. The van der Waals surface area contributed by atoms with E-state index in [9.17, 15) is 9.59 Å². The summed E-state index contributed by atoms with van der Waals surface area (Å²) in [5.74, 6) is -0.522. The Morgan fingerprint density at radius 1 is 1.09 bits per heavy atom. The van der Waals surface area contributed by atoms with Gasteiger partial charge in [-0.3, -0.25) is 4.79 Å². The van der Waals surface area contributed by atoms with Gasteiger partial charge in [0.15, 0.2) is 0 Å². The van der Waals surface area contributed by atoms with Crippen molar-refractivity contribution >= 4 is 29.3 Å². The van der Waals surface area contributed by atoms with Crippen molar-refractivity contribution in [1.29, 1.82) is 0 Å². The Balaban J connectivity index is 1.96.